The number of hydrogen-bond donors (Lipinski definition) is 2. The van der Waals surface area contributed by atoms with Crippen molar-refractivity contribution in [2.24, 2.45) is 5.92 Å². The molecular weight excluding hydrogens is 200 g/mol. The van der Waals surface area contributed by atoms with Gasteiger partial charge in [0.2, 0.25) is 0 Å². The van der Waals surface area contributed by atoms with E-state index in [1.165, 1.54) is 19.3 Å². The van der Waals surface area contributed by atoms with E-state index < -0.39 is 0 Å². The number of nitrogens with zero attached hydrogens (tertiary/aromatic N) is 2. The van der Waals surface area contributed by atoms with Crippen LogP contribution in [0.4, 0.5) is 11.6 Å². The molecule has 0 unspecified atom stereocenters. The highest BCUT2D eigenvalue weighted by molar-refractivity contribution is 5.47. The first kappa shape index (κ1) is 11.2. The molecule has 0 radical (unpaired) electrons. The molecule has 88 valence electrons. The van der Waals surface area contributed by atoms with Gasteiger partial charge < -0.3 is 10.6 Å². The number of aryl methyl sites for hydroxylation is 1. The van der Waals surface area contributed by atoms with E-state index in [4.69, 9.17) is 0 Å². The predicted molar refractivity (Wildman–Crippen MR) is 66.8 cm³/mol. The van der Waals surface area contributed by atoms with Crippen LogP contribution in [0.15, 0.2) is 6.07 Å². The van der Waals surface area contributed by atoms with Gasteiger partial charge in [0, 0.05) is 19.2 Å². The summed E-state index contributed by atoms with van der Waals surface area (Å²) in [4.78, 5) is 8.69. The largest absolute Gasteiger partial charge is 0.370 e. The molecule has 0 amide bonds. The normalized spacial score (nSPS) is 14.9. The zero-order valence-electron chi connectivity index (χ0n) is 10.1. The number of rotatable bonds is 6. The van der Waals surface area contributed by atoms with Gasteiger partial charge in [-0.2, -0.15) is 0 Å². The van der Waals surface area contributed by atoms with Crippen LogP contribution >= 0.6 is 0 Å². The van der Waals surface area contributed by atoms with E-state index in [1.54, 1.807) is 0 Å². The highest BCUT2D eigenvalue weighted by atomic mass is 15.1. The molecule has 0 aliphatic heterocycles. The molecule has 2 rings (SSSR count). The van der Waals surface area contributed by atoms with E-state index in [2.05, 4.69) is 27.5 Å². The lowest BCUT2D eigenvalue weighted by Gasteiger charge is -2.08. The molecular formula is C12H20N4. The summed E-state index contributed by atoms with van der Waals surface area (Å²) in [5.41, 5.74) is 0. The number of anilines is 2. The summed E-state index contributed by atoms with van der Waals surface area (Å²) < 4.78 is 0. The summed E-state index contributed by atoms with van der Waals surface area (Å²) in [6, 6.07) is 1.98. The summed E-state index contributed by atoms with van der Waals surface area (Å²) >= 11 is 0. The standard InChI is InChI=1S/C12H20N4/c1-3-13-11-8-12(16-9(2)15-11)14-7-6-10-4-5-10/h8,10H,3-7H2,1-2H3,(H2,13,14,15,16). The second-order valence-corrected chi connectivity index (χ2v) is 4.37. The minimum atomic E-state index is 0.812. The van der Waals surface area contributed by atoms with Crippen molar-refractivity contribution in [3.63, 3.8) is 0 Å². The maximum atomic E-state index is 4.37. The van der Waals surface area contributed by atoms with Crippen LogP contribution in [-0.2, 0) is 0 Å². The van der Waals surface area contributed by atoms with E-state index in [0.29, 0.717) is 0 Å². The zero-order valence-corrected chi connectivity index (χ0v) is 10.1. The van der Waals surface area contributed by atoms with E-state index in [1.807, 2.05) is 13.0 Å². The molecule has 16 heavy (non-hydrogen) atoms. The van der Waals surface area contributed by atoms with E-state index in [0.717, 1.165) is 36.5 Å². The Morgan fingerprint density at radius 2 is 1.94 bits per heavy atom. The fourth-order valence-corrected chi connectivity index (χ4v) is 1.74. The summed E-state index contributed by atoms with van der Waals surface area (Å²) in [6.07, 6.45) is 4.08. The Labute approximate surface area is 96.9 Å². The van der Waals surface area contributed by atoms with Gasteiger partial charge in [-0.15, -0.1) is 0 Å². The molecule has 0 atom stereocenters. The maximum Gasteiger partial charge on any atom is 0.131 e. The van der Waals surface area contributed by atoms with E-state index in [9.17, 15) is 0 Å². The van der Waals surface area contributed by atoms with Gasteiger partial charge in [0.15, 0.2) is 0 Å². The van der Waals surface area contributed by atoms with Crippen molar-refractivity contribution in [2.45, 2.75) is 33.1 Å². The molecule has 0 spiro atoms. The van der Waals surface area contributed by atoms with Crippen LogP contribution in [0.25, 0.3) is 0 Å². The molecule has 1 saturated carbocycles. The van der Waals surface area contributed by atoms with Gasteiger partial charge in [-0.25, -0.2) is 9.97 Å². The lowest BCUT2D eigenvalue weighted by molar-refractivity contribution is 0.757. The van der Waals surface area contributed by atoms with Gasteiger partial charge in [-0.3, -0.25) is 0 Å². The maximum absolute atomic E-state index is 4.37. The van der Waals surface area contributed by atoms with Crippen molar-refractivity contribution in [1.29, 1.82) is 0 Å². The first-order chi connectivity index (χ1) is 7.78. The molecule has 1 heterocycles. The van der Waals surface area contributed by atoms with Gasteiger partial charge in [0.05, 0.1) is 0 Å². The van der Waals surface area contributed by atoms with Gasteiger partial charge >= 0.3 is 0 Å². The van der Waals surface area contributed by atoms with Crippen molar-refractivity contribution < 1.29 is 0 Å². The third kappa shape index (κ3) is 3.36. The molecule has 1 aliphatic carbocycles. The zero-order chi connectivity index (χ0) is 11.4. The molecule has 0 bridgehead atoms. The van der Waals surface area contributed by atoms with Crippen molar-refractivity contribution in [1.82, 2.24) is 9.97 Å². The SMILES string of the molecule is CCNc1cc(NCCC2CC2)nc(C)n1. The van der Waals surface area contributed by atoms with Crippen molar-refractivity contribution >= 4 is 11.6 Å². The third-order valence-corrected chi connectivity index (χ3v) is 2.75. The first-order valence-corrected chi connectivity index (χ1v) is 6.11. The Balaban J connectivity index is 1.90. The lowest BCUT2D eigenvalue weighted by Crippen LogP contribution is -2.08. The van der Waals surface area contributed by atoms with Crippen molar-refractivity contribution in [3.05, 3.63) is 11.9 Å². The van der Waals surface area contributed by atoms with Gasteiger partial charge in [0.25, 0.3) is 0 Å². The Morgan fingerprint density at radius 3 is 2.56 bits per heavy atom. The van der Waals surface area contributed by atoms with E-state index in [-0.39, 0.29) is 0 Å². The predicted octanol–water partition coefficient (Wildman–Crippen LogP) is 2.43. The summed E-state index contributed by atoms with van der Waals surface area (Å²) in [7, 11) is 0. The average Bonchev–Trinajstić information content (AvgIpc) is 3.01. The van der Waals surface area contributed by atoms with Crippen LogP contribution in [0.2, 0.25) is 0 Å². The van der Waals surface area contributed by atoms with Crippen LogP contribution < -0.4 is 10.6 Å². The second kappa shape index (κ2) is 5.14. The van der Waals surface area contributed by atoms with Crippen LogP contribution in [-0.4, -0.2) is 23.1 Å². The van der Waals surface area contributed by atoms with Crippen LogP contribution in [0.1, 0.15) is 32.0 Å². The van der Waals surface area contributed by atoms with Gasteiger partial charge in [-0.05, 0) is 26.2 Å². The highest BCUT2D eigenvalue weighted by Gasteiger charge is 2.20. The van der Waals surface area contributed by atoms with Crippen molar-refractivity contribution in [3.8, 4) is 0 Å². The Morgan fingerprint density at radius 1 is 1.25 bits per heavy atom. The molecule has 0 saturated heterocycles. The quantitative estimate of drug-likeness (QED) is 0.773. The van der Waals surface area contributed by atoms with Crippen LogP contribution in [0.5, 0.6) is 0 Å². The van der Waals surface area contributed by atoms with Crippen molar-refractivity contribution in [2.75, 3.05) is 23.7 Å². The minimum Gasteiger partial charge on any atom is -0.370 e. The molecule has 4 heteroatoms. The smallest absolute Gasteiger partial charge is 0.131 e. The summed E-state index contributed by atoms with van der Waals surface area (Å²) in [6.45, 7) is 5.90. The number of nitrogens with one attached hydrogen (secondary N) is 2. The first-order valence-electron chi connectivity index (χ1n) is 6.11. The fourth-order valence-electron chi connectivity index (χ4n) is 1.74. The Kier molecular flexibility index (Phi) is 3.59. The molecule has 2 N–H and O–H groups in total. The summed E-state index contributed by atoms with van der Waals surface area (Å²) in [5, 5.41) is 6.57. The van der Waals surface area contributed by atoms with Gasteiger partial charge in [0.1, 0.15) is 17.5 Å². The third-order valence-electron chi connectivity index (χ3n) is 2.75. The Hall–Kier alpha value is -1.32. The lowest BCUT2D eigenvalue weighted by atomic mass is 10.3. The molecule has 1 fully saturated rings. The molecule has 0 aromatic carbocycles. The highest BCUT2D eigenvalue weighted by Crippen LogP contribution is 2.32. The second-order valence-electron chi connectivity index (χ2n) is 4.37. The van der Waals surface area contributed by atoms with E-state index >= 15 is 0 Å². The monoisotopic (exact) mass is 220 g/mol. The molecule has 1 aromatic heterocycles. The van der Waals surface area contributed by atoms with Crippen LogP contribution in [0.3, 0.4) is 0 Å². The molecule has 1 aromatic rings. The average molecular weight is 220 g/mol. The van der Waals surface area contributed by atoms with Gasteiger partial charge in [-0.1, -0.05) is 12.8 Å². The number of aromatic nitrogens is 2. The molecule has 1 aliphatic rings. The topological polar surface area (TPSA) is 49.8 Å². The fraction of sp³-hybridized carbons (Fsp3) is 0.667. The number of hydrogen-bond acceptors (Lipinski definition) is 4. The minimum absolute atomic E-state index is 0.812. The summed E-state index contributed by atoms with van der Waals surface area (Å²) in [5.74, 6) is 3.61. The molecule has 4 nitrogen and oxygen atoms in total. The van der Waals surface area contributed by atoms with Crippen LogP contribution in [0, 0.1) is 12.8 Å². The Bertz CT molecular complexity index is 347.